The summed E-state index contributed by atoms with van der Waals surface area (Å²) in [5, 5.41) is 18.4. The molecule has 0 N–H and O–H groups in total. The summed E-state index contributed by atoms with van der Waals surface area (Å²) in [6.45, 7) is 4.00. The second-order valence-electron chi connectivity index (χ2n) is 5.20. The van der Waals surface area contributed by atoms with Crippen LogP contribution in [0.1, 0.15) is 22.8 Å². The van der Waals surface area contributed by atoms with Crippen molar-refractivity contribution < 1.29 is 0 Å². The summed E-state index contributed by atoms with van der Waals surface area (Å²) in [5.74, 6) is 0.838. The van der Waals surface area contributed by atoms with Crippen molar-refractivity contribution in [2.45, 2.75) is 20.3 Å². The molecule has 1 aromatic carbocycles. The Bertz CT molecular complexity index is 934. The van der Waals surface area contributed by atoms with E-state index in [-0.39, 0.29) is 0 Å². The van der Waals surface area contributed by atoms with Gasteiger partial charge in [0.1, 0.15) is 0 Å². The minimum absolute atomic E-state index is 0.711. The first kappa shape index (κ1) is 13.1. The van der Waals surface area contributed by atoms with Gasteiger partial charge in [-0.1, -0.05) is 41.7 Å². The average Bonchev–Trinajstić information content (AvgIpc) is 3.16. The van der Waals surface area contributed by atoms with Crippen molar-refractivity contribution in [3.63, 3.8) is 0 Å². The second kappa shape index (κ2) is 5.03. The van der Waals surface area contributed by atoms with E-state index in [4.69, 9.17) is 0 Å². The zero-order valence-electron chi connectivity index (χ0n) is 12.3. The van der Waals surface area contributed by atoms with Gasteiger partial charge < -0.3 is 0 Å². The van der Waals surface area contributed by atoms with Crippen molar-refractivity contribution in [1.82, 2.24) is 29.6 Å². The number of fused-ring (bicyclic) bond motifs is 1. The molecule has 4 rings (SSSR count). The SMILES string of the molecule is Cc1cc(C)n(-c2nn3c(Cc4ccccc4)nnc3s2)n1. The van der Waals surface area contributed by atoms with Gasteiger partial charge in [0.2, 0.25) is 10.1 Å². The lowest BCUT2D eigenvalue weighted by molar-refractivity contribution is 0.773. The van der Waals surface area contributed by atoms with E-state index in [2.05, 4.69) is 32.5 Å². The Morgan fingerprint density at radius 1 is 1.05 bits per heavy atom. The van der Waals surface area contributed by atoms with Gasteiger partial charge in [0.25, 0.3) is 0 Å². The zero-order valence-corrected chi connectivity index (χ0v) is 13.1. The van der Waals surface area contributed by atoms with E-state index in [1.165, 1.54) is 16.9 Å². The lowest BCUT2D eigenvalue weighted by Crippen LogP contribution is -2.02. The van der Waals surface area contributed by atoms with Gasteiger partial charge in [-0.25, -0.2) is 4.68 Å². The van der Waals surface area contributed by atoms with Crippen LogP contribution in [-0.2, 0) is 6.42 Å². The quantitative estimate of drug-likeness (QED) is 0.583. The smallest absolute Gasteiger partial charge is 0.209 e. The van der Waals surface area contributed by atoms with E-state index in [0.717, 1.165) is 27.3 Å². The normalized spacial score (nSPS) is 11.4. The molecular weight excluding hydrogens is 296 g/mol. The molecule has 0 aliphatic carbocycles. The molecule has 0 atom stereocenters. The molecule has 0 bridgehead atoms. The van der Waals surface area contributed by atoms with Gasteiger partial charge in [-0.05, 0) is 25.5 Å². The molecule has 3 aromatic heterocycles. The summed E-state index contributed by atoms with van der Waals surface area (Å²) >= 11 is 1.49. The predicted molar refractivity (Wildman–Crippen MR) is 84.5 cm³/mol. The highest BCUT2D eigenvalue weighted by atomic mass is 32.1. The standard InChI is InChI=1S/C15H14N6S/c1-10-8-11(2)20(18-10)15-19-21-13(16-17-14(21)22-15)9-12-6-4-3-5-7-12/h3-8H,9H2,1-2H3. The van der Waals surface area contributed by atoms with Crippen LogP contribution in [-0.4, -0.2) is 29.6 Å². The van der Waals surface area contributed by atoms with Gasteiger partial charge in [-0.3, -0.25) is 0 Å². The largest absolute Gasteiger partial charge is 0.236 e. The average molecular weight is 310 g/mol. The molecular formula is C15H14N6S. The van der Waals surface area contributed by atoms with Crippen LogP contribution in [0.3, 0.4) is 0 Å². The van der Waals surface area contributed by atoms with Gasteiger partial charge in [0.05, 0.1) is 5.69 Å². The summed E-state index contributed by atoms with van der Waals surface area (Å²) in [5.41, 5.74) is 3.23. The number of hydrogen-bond acceptors (Lipinski definition) is 5. The van der Waals surface area contributed by atoms with E-state index in [1.54, 1.807) is 0 Å². The Morgan fingerprint density at radius 2 is 1.86 bits per heavy atom. The Morgan fingerprint density at radius 3 is 2.59 bits per heavy atom. The molecule has 0 aliphatic heterocycles. The van der Waals surface area contributed by atoms with Gasteiger partial charge in [0.15, 0.2) is 5.82 Å². The highest BCUT2D eigenvalue weighted by Crippen LogP contribution is 2.20. The van der Waals surface area contributed by atoms with Crippen LogP contribution >= 0.6 is 11.3 Å². The molecule has 0 unspecified atom stereocenters. The number of hydrogen-bond donors (Lipinski definition) is 0. The summed E-state index contributed by atoms with van der Waals surface area (Å²) in [7, 11) is 0. The fourth-order valence-electron chi connectivity index (χ4n) is 2.44. The first-order valence-electron chi connectivity index (χ1n) is 6.99. The number of aromatic nitrogens is 6. The summed E-state index contributed by atoms with van der Waals surface area (Å²) in [6.07, 6.45) is 0.711. The molecule has 4 aromatic rings. The number of benzene rings is 1. The fraction of sp³-hybridized carbons (Fsp3) is 0.200. The molecule has 0 saturated heterocycles. The van der Waals surface area contributed by atoms with Crippen LogP contribution in [0.5, 0.6) is 0 Å². The molecule has 3 heterocycles. The Kier molecular flexibility index (Phi) is 3.00. The summed E-state index contributed by atoms with van der Waals surface area (Å²) in [6, 6.07) is 12.2. The molecule has 0 fully saturated rings. The van der Waals surface area contributed by atoms with Crippen LogP contribution in [0.15, 0.2) is 36.4 Å². The van der Waals surface area contributed by atoms with Crippen molar-refractivity contribution in [1.29, 1.82) is 0 Å². The lowest BCUT2D eigenvalue weighted by Gasteiger charge is -1.98. The molecule has 22 heavy (non-hydrogen) atoms. The molecule has 6 nitrogen and oxygen atoms in total. The predicted octanol–water partition coefficient (Wildman–Crippen LogP) is 2.58. The number of nitrogens with zero attached hydrogens (tertiary/aromatic N) is 6. The van der Waals surface area contributed by atoms with E-state index >= 15 is 0 Å². The van der Waals surface area contributed by atoms with Gasteiger partial charge >= 0.3 is 0 Å². The highest BCUT2D eigenvalue weighted by Gasteiger charge is 2.15. The summed E-state index contributed by atoms with van der Waals surface area (Å²) < 4.78 is 3.66. The van der Waals surface area contributed by atoms with Gasteiger partial charge in [-0.15, -0.1) is 15.3 Å². The van der Waals surface area contributed by atoms with Crippen molar-refractivity contribution in [2.24, 2.45) is 0 Å². The van der Waals surface area contributed by atoms with Crippen LogP contribution in [0.25, 0.3) is 10.1 Å². The molecule has 7 heteroatoms. The molecule has 0 radical (unpaired) electrons. The van der Waals surface area contributed by atoms with Crippen LogP contribution in [0.4, 0.5) is 0 Å². The maximum Gasteiger partial charge on any atom is 0.236 e. The van der Waals surface area contributed by atoms with E-state index in [0.29, 0.717) is 6.42 Å². The monoisotopic (exact) mass is 310 g/mol. The van der Waals surface area contributed by atoms with Gasteiger partial charge in [-0.2, -0.15) is 9.61 Å². The molecule has 0 saturated carbocycles. The van der Waals surface area contributed by atoms with Crippen molar-refractivity contribution in [3.8, 4) is 5.13 Å². The molecule has 0 aliphatic rings. The Labute approximate surface area is 131 Å². The molecule has 0 spiro atoms. The maximum atomic E-state index is 4.62. The third-order valence-corrected chi connectivity index (χ3v) is 4.31. The molecule has 0 amide bonds. The molecule has 110 valence electrons. The van der Waals surface area contributed by atoms with Crippen LogP contribution in [0, 0.1) is 13.8 Å². The van der Waals surface area contributed by atoms with Crippen LogP contribution < -0.4 is 0 Å². The maximum absolute atomic E-state index is 4.62. The third-order valence-electron chi connectivity index (χ3n) is 3.44. The van der Waals surface area contributed by atoms with Crippen molar-refractivity contribution in [3.05, 3.63) is 59.2 Å². The van der Waals surface area contributed by atoms with E-state index < -0.39 is 0 Å². The minimum Gasteiger partial charge on any atom is -0.209 e. The van der Waals surface area contributed by atoms with Crippen molar-refractivity contribution >= 4 is 16.3 Å². The second-order valence-corrected chi connectivity index (χ2v) is 6.13. The number of aryl methyl sites for hydroxylation is 2. The Balaban J connectivity index is 1.75. The van der Waals surface area contributed by atoms with Crippen molar-refractivity contribution in [2.75, 3.05) is 0 Å². The first-order chi connectivity index (χ1) is 10.7. The topological polar surface area (TPSA) is 60.9 Å². The highest BCUT2D eigenvalue weighted by molar-refractivity contribution is 7.18. The summed E-state index contributed by atoms with van der Waals surface area (Å²) in [4.78, 5) is 0.786. The number of rotatable bonds is 3. The first-order valence-corrected chi connectivity index (χ1v) is 7.81. The van der Waals surface area contributed by atoms with E-state index in [1.807, 2.05) is 47.3 Å². The zero-order chi connectivity index (χ0) is 15.1. The lowest BCUT2D eigenvalue weighted by atomic mass is 10.1. The Hall–Kier alpha value is -2.54. The van der Waals surface area contributed by atoms with Gasteiger partial charge in [0, 0.05) is 12.1 Å². The van der Waals surface area contributed by atoms with E-state index in [9.17, 15) is 0 Å². The van der Waals surface area contributed by atoms with Crippen LogP contribution in [0.2, 0.25) is 0 Å². The fourth-order valence-corrected chi connectivity index (χ4v) is 3.32. The third kappa shape index (κ3) is 2.19. The minimum atomic E-state index is 0.711.